The number of hydrogen-bond acceptors (Lipinski definition) is 3. The minimum Gasteiger partial charge on any atom is -0.369 e. The summed E-state index contributed by atoms with van der Waals surface area (Å²) in [6, 6.07) is 10.2. The summed E-state index contributed by atoms with van der Waals surface area (Å²) in [5.74, 6) is 0. The molecule has 1 aromatic rings. The molecule has 1 aliphatic rings. The normalized spacial score (nSPS) is 23.9. The van der Waals surface area contributed by atoms with E-state index in [2.05, 4.69) is 45.7 Å². The van der Waals surface area contributed by atoms with Crippen molar-refractivity contribution in [2.45, 2.75) is 51.4 Å². The highest BCUT2D eigenvalue weighted by atomic mass is 16.5. The second-order valence-electron chi connectivity index (χ2n) is 6.45. The first-order valence-corrected chi connectivity index (χ1v) is 6.68. The fraction of sp³-hybridized carbons (Fsp3) is 0.562. The number of benzene rings is 1. The molecular weight excluding hydrogens is 236 g/mol. The monoisotopic (exact) mass is 258 g/mol. The van der Waals surface area contributed by atoms with Crippen LogP contribution in [0.15, 0.2) is 24.3 Å². The molecule has 1 saturated heterocycles. The molecule has 0 radical (unpaired) electrons. The molecule has 1 aromatic carbocycles. The Morgan fingerprint density at radius 3 is 2.21 bits per heavy atom. The Balaban J connectivity index is 2.24. The SMILES string of the molecule is CN(c1ccc(C#N)cc1)C1CC(C)(C)OC1(C)C. The van der Waals surface area contributed by atoms with E-state index in [4.69, 9.17) is 10.00 Å². The topological polar surface area (TPSA) is 36.3 Å². The van der Waals surface area contributed by atoms with Crippen molar-refractivity contribution < 1.29 is 4.74 Å². The van der Waals surface area contributed by atoms with Gasteiger partial charge in [-0.15, -0.1) is 0 Å². The van der Waals surface area contributed by atoms with E-state index in [9.17, 15) is 0 Å². The molecular formula is C16H22N2O. The van der Waals surface area contributed by atoms with Gasteiger partial charge < -0.3 is 9.64 Å². The van der Waals surface area contributed by atoms with Crippen LogP contribution in [0.25, 0.3) is 0 Å². The van der Waals surface area contributed by atoms with E-state index in [-0.39, 0.29) is 11.2 Å². The number of ether oxygens (including phenoxy) is 1. The van der Waals surface area contributed by atoms with Gasteiger partial charge in [0.25, 0.3) is 0 Å². The molecule has 0 N–H and O–H groups in total. The van der Waals surface area contributed by atoms with Crippen molar-refractivity contribution in [2.75, 3.05) is 11.9 Å². The van der Waals surface area contributed by atoms with Crippen molar-refractivity contribution >= 4 is 5.69 Å². The zero-order valence-electron chi connectivity index (χ0n) is 12.4. The van der Waals surface area contributed by atoms with Gasteiger partial charge in [-0.05, 0) is 58.4 Å². The van der Waals surface area contributed by atoms with Crippen LogP contribution in [0.4, 0.5) is 5.69 Å². The van der Waals surface area contributed by atoms with Crippen LogP contribution in [0.1, 0.15) is 39.7 Å². The average Bonchev–Trinajstić information content (AvgIpc) is 2.56. The Morgan fingerprint density at radius 1 is 1.21 bits per heavy atom. The molecule has 102 valence electrons. The maximum atomic E-state index is 8.85. The first-order valence-electron chi connectivity index (χ1n) is 6.68. The second kappa shape index (κ2) is 4.54. The molecule has 0 amide bonds. The van der Waals surface area contributed by atoms with Crippen LogP contribution < -0.4 is 4.90 Å². The molecule has 0 bridgehead atoms. The van der Waals surface area contributed by atoms with Crippen molar-refractivity contribution in [3.8, 4) is 6.07 Å². The van der Waals surface area contributed by atoms with Crippen LogP contribution in [0.5, 0.6) is 0 Å². The van der Waals surface area contributed by atoms with Crippen molar-refractivity contribution in [1.29, 1.82) is 5.26 Å². The zero-order chi connectivity index (χ0) is 14.3. The van der Waals surface area contributed by atoms with Crippen molar-refractivity contribution in [3.05, 3.63) is 29.8 Å². The van der Waals surface area contributed by atoms with Crippen LogP contribution in [-0.2, 0) is 4.74 Å². The van der Waals surface area contributed by atoms with Gasteiger partial charge in [-0.3, -0.25) is 0 Å². The van der Waals surface area contributed by atoms with Crippen LogP contribution in [0.2, 0.25) is 0 Å². The molecule has 1 atom stereocenters. The van der Waals surface area contributed by atoms with Gasteiger partial charge in [0.2, 0.25) is 0 Å². The molecule has 1 fully saturated rings. The molecule has 0 aliphatic carbocycles. The summed E-state index contributed by atoms with van der Waals surface area (Å²) in [5.41, 5.74) is 1.55. The van der Waals surface area contributed by atoms with E-state index in [0.717, 1.165) is 12.1 Å². The standard InChI is InChI=1S/C16H22N2O/c1-15(2)10-14(16(3,4)19-15)18(5)13-8-6-12(11-17)7-9-13/h6-9,14H,10H2,1-5H3. The van der Waals surface area contributed by atoms with Crippen LogP contribution in [0, 0.1) is 11.3 Å². The van der Waals surface area contributed by atoms with Gasteiger partial charge in [0, 0.05) is 12.7 Å². The highest BCUT2D eigenvalue weighted by Gasteiger charge is 2.47. The zero-order valence-corrected chi connectivity index (χ0v) is 12.4. The Kier molecular flexibility index (Phi) is 3.32. The number of rotatable bonds is 2. The first-order chi connectivity index (χ1) is 8.75. The summed E-state index contributed by atoms with van der Waals surface area (Å²) < 4.78 is 6.14. The van der Waals surface area contributed by atoms with Crippen LogP contribution in [-0.4, -0.2) is 24.3 Å². The number of likely N-dealkylation sites (N-methyl/N-ethyl adjacent to an activating group) is 1. The van der Waals surface area contributed by atoms with Crippen molar-refractivity contribution in [1.82, 2.24) is 0 Å². The van der Waals surface area contributed by atoms with E-state index in [1.807, 2.05) is 24.3 Å². The minimum atomic E-state index is -0.174. The van der Waals surface area contributed by atoms with Crippen molar-refractivity contribution in [3.63, 3.8) is 0 Å². The summed E-state index contributed by atoms with van der Waals surface area (Å²) >= 11 is 0. The Bertz CT molecular complexity index is 496. The van der Waals surface area contributed by atoms with Gasteiger partial charge in [0.15, 0.2) is 0 Å². The fourth-order valence-corrected chi connectivity index (χ4v) is 3.09. The van der Waals surface area contributed by atoms with Gasteiger partial charge in [0.1, 0.15) is 0 Å². The first kappa shape index (κ1) is 13.9. The second-order valence-corrected chi connectivity index (χ2v) is 6.45. The number of hydrogen-bond donors (Lipinski definition) is 0. The molecule has 19 heavy (non-hydrogen) atoms. The maximum absolute atomic E-state index is 8.85. The molecule has 3 nitrogen and oxygen atoms in total. The highest BCUT2D eigenvalue weighted by Crippen LogP contribution is 2.40. The number of nitrogens with zero attached hydrogens (tertiary/aromatic N) is 2. The Labute approximate surface area is 115 Å². The largest absolute Gasteiger partial charge is 0.369 e. The molecule has 1 aliphatic heterocycles. The summed E-state index contributed by atoms with van der Waals surface area (Å²) in [7, 11) is 2.10. The van der Waals surface area contributed by atoms with Crippen LogP contribution in [0.3, 0.4) is 0 Å². The predicted molar refractivity (Wildman–Crippen MR) is 77.2 cm³/mol. The summed E-state index contributed by atoms with van der Waals surface area (Å²) in [4.78, 5) is 2.26. The van der Waals surface area contributed by atoms with E-state index < -0.39 is 0 Å². The molecule has 1 heterocycles. The summed E-state index contributed by atoms with van der Waals surface area (Å²) in [6.45, 7) is 8.57. The van der Waals surface area contributed by atoms with E-state index in [1.54, 1.807) is 0 Å². The smallest absolute Gasteiger partial charge is 0.0991 e. The molecule has 2 rings (SSSR count). The number of anilines is 1. The third-order valence-corrected chi connectivity index (χ3v) is 3.90. The lowest BCUT2D eigenvalue weighted by Gasteiger charge is -2.35. The molecule has 0 spiro atoms. The van der Waals surface area contributed by atoms with E-state index >= 15 is 0 Å². The van der Waals surface area contributed by atoms with Gasteiger partial charge in [-0.2, -0.15) is 5.26 Å². The highest BCUT2D eigenvalue weighted by molar-refractivity contribution is 5.50. The molecule has 3 heteroatoms. The van der Waals surface area contributed by atoms with Gasteiger partial charge in [-0.25, -0.2) is 0 Å². The average molecular weight is 258 g/mol. The lowest BCUT2D eigenvalue weighted by Crippen LogP contribution is -2.44. The predicted octanol–water partition coefficient (Wildman–Crippen LogP) is 3.34. The lowest BCUT2D eigenvalue weighted by atomic mass is 9.93. The minimum absolute atomic E-state index is 0.0883. The van der Waals surface area contributed by atoms with E-state index in [0.29, 0.717) is 11.6 Å². The van der Waals surface area contributed by atoms with Crippen LogP contribution >= 0.6 is 0 Å². The van der Waals surface area contributed by atoms with Gasteiger partial charge in [0.05, 0.1) is 28.9 Å². The molecule has 0 aromatic heterocycles. The summed E-state index contributed by atoms with van der Waals surface area (Å²) in [5, 5.41) is 8.85. The molecule has 1 unspecified atom stereocenters. The molecule has 0 saturated carbocycles. The summed E-state index contributed by atoms with van der Waals surface area (Å²) in [6.07, 6.45) is 0.997. The number of nitriles is 1. The fourth-order valence-electron chi connectivity index (χ4n) is 3.09. The maximum Gasteiger partial charge on any atom is 0.0991 e. The quantitative estimate of drug-likeness (QED) is 0.816. The third kappa shape index (κ3) is 2.74. The Morgan fingerprint density at radius 2 is 1.79 bits per heavy atom. The van der Waals surface area contributed by atoms with Crippen molar-refractivity contribution in [2.24, 2.45) is 0 Å². The third-order valence-electron chi connectivity index (χ3n) is 3.90. The Hall–Kier alpha value is -1.53. The van der Waals surface area contributed by atoms with Gasteiger partial charge in [-0.1, -0.05) is 0 Å². The van der Waals surface area contributed by atoms with Gasteiger partial charge >= 0.3 is 0 Å². The van der Waals surface area contributed by atoms with E-state index in [1.165, 1.54) is 0 Å². The lowest BCUT2D eigenvalue weighted by molar-refractivity contribution is -0.0676.